The van der Waals surface area contributed by atoms with Gasteiger partial charge in [0.2, 0.25) is 0 Å². The number of methoxy groups -OCH3 is 3. The van der Waals surface area contributed by atoms with E-state index in [4.69, 9.17) is 18.9 Å². The molecule has 0 amide bonds. The van der Waals surface area contributed by atoms with Crippen molar-refractivity contribution in [3.05, 3.63) is 47.5 Å². The van der Waals surface area contributed by atoms with Crippen LogP contribution < -0.4 is 18.9 Å². The van der Waals surface area contributed by atoms with Crippen molar-refractivity contribution in [1.29, 1.82) is 0 Å². The van der Waals surface area contributed by atoms with Gasteiger partial charge in [0.05, 0.1) is 27.9 Å². The predicted octanol–water partition coefficient (Wildman–Crippen LogP) is 5.76. The molecule has 4 nitrogen and oxygen atoms in total. The van der Waals surface area contributed by atoms with Crippen LogP contribution >= 0.6 is 0 Å². The second kappa shape index (κ2) is 8.76. The van der Waals surface area contributed by atoms with Gasteiger partial charge in [-0.05, 0) is 52.6 Å². The van der Waals surface area contributed by atoms with Crippen molar-refractivity contribution in [2.24, 2.45) is 0 Å². The van der Waals surface area contributed by atoms with Gasteiger partial charge in [-0.2, -0.15) is 0 Å². The Morgan fingerprint density at radius 1 is 0.679 bits per heavy atom. The number of benzene rings is 2. The lowest BCUT2D eigenvalue weighted by Gasteiger charge is -2.26. The number of hydrogen-bond donors (Lipinski definition) is 0. The zero-order chi connectivity index (χ0) is 20.9. The second-order valence-electron chi connectivity index (χ2n) is 8.70. The Morgan fingerprint density at radius 3 is 1.89 bits per heavy atom. The molecular formula is C24H34O4. The molecule has 2 aromatic rings. The van der Waals surface area contributed by atoms with Crippen molar-refractivity contribution in [3.8, 4) is 23.0 Å². The minimum atomic E-state index is -0.0642. The number of hydrogen-bond acceptors (Lipinski definition) is 4. The molecule has 0 fully saturated rings. The molecule has 0 aliphatic heterocycles. The highest BCUT2D eigenvalue weighted by molar-refractivity contribution is 5.45. The van der Waals surface area contributed by atoms with E-state index < -0.39 is 0 Å². The Labute approximate surface area is 169 Å². The molecule has 0 aliphatic carbocycles. The van der Waals surface area contributed by atoms with Crippen LogP contribution in [0.25, 0.3) is 0 Å². The standard InChI is InChI=1S/C24H34O4/c1-23(2,3)18-13-19(25-6)16-20(14-18)28-12-11-24(4,5)17-9-10-21(26-7)22(15-17)27-8/h9-10,13-16H,11-12H2,1-8H3. The molecule has 0 saturated heterocycles. The minimum absolute atomic E-state index is 0.0333. The highest BCUT2D eigenvalue weighted by atomic mass is 16.5. The van der Waals surface area contributed by atoms with Crippen LogP contribution in [0.15, 0.2) is 36.4 Å². The summed E-state index contributed by atoms with van der Waals surface area (Å²) in [4.78, 5) is 0. The molecule has 2 rings (SSSR count). The fourth-order valence-electron chi connectivity index (χ4n) is 3.03. The first kappa shape index (κ1) is 21.9. The van der Waals surface area contributed by atoms with Crippen LogP contribution in [0.4, 0.5) is 0 Å². The molecule has 4 heteroatoms. The maximum atomic E-state index is 6.11. The van der Waals surface area contributed by atoms with Crippen molar-refractivity contribution >= 4 is 0 Å². The Morgan fingerprint density at radius 2 is 1.32 bits per heavy atom. The Hall–Kier alpha value is -2.36. The normalized spacial score (nSPS) is 11.9. The number of rotatable bonds is 8. The summed E-state index contributed by atoms with van der Waals surface area (Å²) in [5, 5.41) is 0. The molecule has 0 saturated carbocycles. The van der Waals surface area contributed by atoms with Crippen molar-refractivity contribution in [2.45, 2.75) is 51.9 Å². The van der Waals surface area contributed by atoms with Gasteiger partial charge in [-0.3, -0.25) is 0 Å². The van der Waals surface area contributed by atoms with Gasteiger partial charge in [0.15, 0.2) is 11.5 Å². The SMILES string of the molecule is COc1cc(OCCC(C)(C)c2ccc(OC)c(OC)c2)cc(C(C)(C)C)c1. The van der Waals surface area contributed by atoms with Gasteiger partial charge < -0.3 is 18.9 Å². The number of ether oxygens (including phenoxy) is 4. The molecule has 0 heterocycles. The van der Waals surface area contributed by atoms with Gasteiger partial charge in [-0.1, -0.05) is 40.7 Å². The van der Waals surface area contributed by atoms with Crippen LogP contribution in [0.5, 0.6) is 23.0 Å². The summed E-state index contributed by atoms with van der Waals surface area (Å²) >= 11 is 0. The topological polar surface area (TPSA) is 36.9 Å². The van der Waals surface area contributed by atoms with Crippen molar-refractivity contribution in [1.82, 2.24) is 0 Å². The third-order valence-electron chi connectivity index (χ3n) is 5.14. The van der Waals surface area contributed by atoms with Crippen LogP contribution in [0.2, 0.25) is 0 Å². The molecule has 0 aliphatic rings. The molecule has 0 aromatic heterocycles. The summed E-state index contributed by atoms with van der Waals surface area (Å²) in [6, 6.07) is 12.2. The molecular weight excluding hydrogens is 352 g/mol. The van der Waals surface area contributed by atoms with E-state index >= 15 is 0 Å². The van der Waals surface area contributed by atoms with Crippen LogP contribution in [0.1, 0.15) is 52.2 Å². The molecule has 0 radical (unpaired) electrons. The summed E-state index contributed by atoms with van der Waals surface area (Å²) in [6.07, 6.45) is 0.866. The average Bonchev–Trinajstić information content (AvgIpc) is 2.66. The van der Waals surface area contributed by atoms with Crippen LogP contribution in [0, 0.1) is 0 Å². The Kier molecular flexibility index (Phi) is 6.87. The van der Waals surface area contributed by atoms with E-state index in [1.807, 2.05) is 18.2 Å². The third kappa shape index (κ3) is 5.34. The maximum Gasteiger partial charge on any atom is 0.161 e. The van der Waals surface area contributed by atoms with Crippen LogP contribution in [-0.2, 0) is 10.8 Å². The van der Waals surface area contributed by atoms with Gasteiger partial charge in [0.25, 0.3) is 0 Å². The van der Waals surface area contributed by atoms with Crippen molar-refractivity contribution < 1.29 is 18.9 Å². The zero-order valence-electron chi connectivity index (χ0n) is 18.5. The minimum Gasteiger partial charge on any atom is -0.497 e. The first-order chi connectivity index (χ1) is 13.1. The first-order valence-corrected chi connectivity index (χ1v) is 9.65. The van der Waals surface area contributed by atoms with Crippen molar-refractivity contribution in [2.75, 3.05) is 27.9 Å². The molecule has 0 atom stereocenters. The quantitative estimate of drug-likeness (QED) is 0.578. The molecule has 0 N–H and O–H groups in total. The molecule has 154 valence electrons. The summed E-state index contributed by atoms with van der Waals surface area (Å²) in [5.74, 6) is 3.15. The maximum absolute atomic E-state index is 6.11. The fraction of sp³-hybridized carbons (Fsp3) is 0.500. The second-order valence-corrected chi connectivity index (χ2v) is 8.70. The van der Waals surface area contributed by atoms with E-state index in [1.165, 1.54) is 11.1 Å². The monoisotopic (exact) mass is 386 g/mol. The highest BCUT2D eigenvalue weighted by Crippen LogP contribution is 2.35. The van der Waals surface area contributed by atoms with E-state index in [0.717, 1.165) is 29.4 Å². The fourth-order valence-corrected chi connectivity index (χ4v) is 3.03. The zero-order valence-corrected chi connectivity index (χ0v) is 18.5. The largest absolute Gasteiger partial charge is 0.497 e. The predicted molar refractivity (Wildman–Crippen MR) is 114 cm³/mol. The summed E-state index contributed by atoms with van der Waals surface area (Å²) < 4.78 is 22.3. The van der Waals surface area contributed by atoms with E-state index in [2.05, 4.69) is 52.8 Å². The van der Waals surface area contributed by atoms with Gasteiger partial charge >= 0.3 is 0 Å². The van der Waals surface area contributed by atoms with Gasteiger partial charge in [-0.15, -0.1) is 0 Å². The lowest BCUT2D eigenvalue weighted by atomic mass is 9.81. The highest BCUT2D eigenvalue weighted by Gasteiger charge is 2.23. The van der Waals surface area contributed by atoms with E-state index in [-0.39, 0.29) is 10.8 Å². The van der Waals surface area contributed by atoms with E-state index in [0.29, 0.717) is 6.61 Å². The molecule has 2 aromatic carbocycles. The van der Waals surface area contributed by atoms with Gasteiger partial charge in [-0.25, -0.2) is 0 Å². The van der Waals surface area contributed by atoms with E-state index in [1.54, 1.807) is 21.3 Å². The molecule has 28 heavy (non-hydrogen) atoms. The lowest BCUT2D eigenvalue weighted by molar-refractivity contribution is 0.270. The Balaban J connectivity index is 2.12. The lowest BCUT2D eigenvalue weighted by Crippen LogP contribution is -2.21. The van der Waals surface area contributed by atoms with Crippen LogP contribution in [0.3, 0.4) is 0 Å². The smallest absolute Gasteiger partial charge is 0.161 e. The Bertz CT molecular complexity index is 788. The van der Waals surface area contributed by atoms with Crippen LogP contribution in [-0.4, -0.2) is 27.9 Å². The van der Waals surface area contributed by atoms with E-state index in [9.17, 15) is 0 Å². The molecule has 0 bridgehead atoms. The van der Waals surface area contributed by atoms with Gasteiger partial charge in [0, 0.05) is 6.07 Å². The average molecular weight is 387 g/mol. The van der Waals surface area contributed by atoms with Crippen molar-refractivity contribution in [3.63, 3.8) is 0 Å². The molecule has 0 spiro atoms. The summed E-state index contributed by atoms with van der Waals surface area (Å²) in [6.45, 7) is 11.6. The van der Waals surface area contributed by atoms with Gasteiger partial charge in [0.1, 0.15) is 11.5 Å². The molecule has 0 unspecified atom stereocenters. The third-order valence-corrected chi connectivity index (χ3v) is 5.14. The first-order valence-electron chi connectivity index (χ1n) is 9.65. The summed E-state index contributed by atoms with van der Waals surface area (Å²) in [5.41, 5.74) is 2.35. The summed E-state index contributed by atoms with van der Waals surface area (Å²) in [7, 11) is 5.00.